The van der Waals surface area contributed by atoms with E-state index < -0.39 is 0 Å². The molecule has 1 fully saturated rings. The van der Waals surface area contributed by atoms with Crippen LogP contribution in [0.15, 0.2) is 40.5 Å². The lowest BCUT2D eigenvalue weighted by atomic mass is 10.0. The number of nitriles is 1. The van der Waals surface area contributed by atoms with E-state index in [1.807, 2.05) is 30.3 Å². The Hall–Kier alpha value is -1.84. The first-order chi connectivity index (χ1) is 11.5. The Morgan fingerprint density at radius 1 is 1.42 bits per heavy atom. The van der Waals surface area contributed by atoms with Crippen molar-refractivity contribution in [1.29, 1.82) is 5.26 Å². The number of likely N-dealkylation sites (N-methyl/N-ethyl adjacent to an activating group) is 1. The normalized spacial score (nSPS) is 16.5. The fraction of sp³-hybridized carbons (Fsp3) is 0.444. The number of carbonyl (C=O) groups excluding carboxylic acids is 1. The van der Waals surface area contributed by atoms with Crippen LogP contribution in [-0.2, 0) is 11.3 Å². The van der Waals surface area contributed by atoms with Gasteiger partial charge in [0.25, 0.3) is 5.91 Å². The van der Waals surface area contributed by atoms with E-state index in [4.69, 9.17) is 0 Å². The van der Waals surface area contributed by atoms with Gasteiger partial charge in [-0.2, -0.15) is 5.26 Å². The van der Waals surface area contributed by atoms with Gasteiger partial charge in [-0.3, -0.25) is 4.79 Å². The zero-order chi connectivity index (χ0) is 17.5. The standard InChI is InChI=1S/C18H23BrN4O/c1-22-9-7-17(8-10-22)23(2)18(24)15(11-20)13-21-12-14-3-5-16(19)6-4-14/h3-6,13,17,21H,7-10,12H2,1-2H3/b15-13-. The summed E-state index contributed by atoms with van der Waals surface area (Å²) in [6.45, 7) is 2.54. The maximum atomic E-state index is 12.5. The number of piperidine rings is 1. The van der Waals surface area contributed by atoms with Crippen LogP contribution in [0.4, 0.5) is 0 Å². The van der Waals surface area contributed by atoms with Crippen LogP contribution in [-0.4, -0.2) is 48.9 Å². The molecule has 1 saturated heterocycles. The number of likely N-dealkylation sites (tertiary alicyclic amines) is 1. The Morgan fingerprint density at radius 3 is 2.62 bits per heavy atom. The summed E-state index contributed by atoms with van der Waals surface area (Å²) in [6, 6.07) is 10.1. The highest BCUT2D eigenvalue weighted by atomic mass is 79.9. The second-order valence-corrected chi connectivity index (χ2v) is 7.04. The van der Waals surface area contributed by atoms with Gasteiger partial charge < -0.3 is 15.1 Å². The van der Waals surface area contributed by atoms with Gasteiger partial charge in [0.1, 0.15) is 11.6 Å². The smallest absolute Gasteiger partial charge is 0.265 e. The lowest BCUT2D eigenvalue weighted by molar-refractivity contribution is -0.128. The summed E-state index contributed by atoms with van der Waals surface area (Å²) in [4.78, 5) is 16.5. The van der Waals surface area contributed by atoms with Crippen molar-refractivity contribution >= 4 is 21.8 Å². The number of hydrogen-bond acceptors (Lipinski definition) is 4. The minimum atomic E-state index is -0.213. The fourth-order valence-corrected chi connectivity index (χ4v) is 3.02. The van der Waals surface area contributed by atoms with Crippen molar-refractivity contribution in [2.24, 2.45) is 0 Å². The molecular weight excluding hydrogens is 368 g/mol. The number of carbonyl (C=O) groups is 1. The molecule has 1 aliphatic heterocycles. The highest BCUT2D eigenvalue weighted by molar-refractivity contribution is 9.10. The molecule has 1 aliphatic rings. The largest absolute Gasteiger partial charge is 0.386 e. The molecule has 0 aliphatic carbocycles. The first kappa shape index (κ1) is 18.5. The van der Waals surface area contributed by atoms with Crippen molar-refractivity contribution in [3.05, 3.63) is 46.1 Å². The lowest BCUT2D eigenvalue weighted by Gasteiger charge is -2.34. The Kier molecular flexibility index (Phi) is 6.83. The quantitative estimate of drug-likeness (QED) is 0.619. The number of halogens is 1. The Morgan fingerprint density at radius 2 is 2.04 bits per heavy atom. The second kappa shape index (κ2) is 8.86. The Bertz CT molecular complexity index is 627. The van der Waals surface area contributed by atoms with Crippen LogP contribution in [0.2, 0.25) is 0 Å². The molecule has 0 atom stereocenters. The molecule has 1 amide bonds. The third-order valence-corrected chi connectivity index (χ3v) is 4.90. The van der Waals surface area contributed by atoms with Crippen LogP contribution in [0.5, 0.6) is 0 Å². The summed E-state index contributed by atoms with van der Waals surface area (Å²) < 4.78 is 1.02. The molecule has 24 heavy (non-hydrogen) atoms. The van der Waals surface area contributed by atoms with Crippen LogP contribution in [0.1, 0.15) is 18.4 Å². The van der Waals surface area contributed by atoms with Crippen LogP contribution < -0.4 is 5.32 Å². The number of amides is 1. The Labute approximate surface area is 152 Å². The van der Waals surface area contributed by atoms with Gasteiger partial charge in [-0.05, 0) is 50.7 Å². The number of nitrogens with zero attached hydrogens (tertiary/aromatic N) is 3. The highest BCUT2D eigenvalue weighted by Gasteiger charge is 2.25. The first-order valence-electron chi connectivity index (χ1n) is 8.05. The molecule has 0 radical (unpaired) electrons. The van der Waals surface area contributed by atoms with E-state index in [9.17, 15) is 10.1 Å². The molecule has 5 nitrogen and oxygen atoms in total. The van der Waals surface area contributed by atoms with Gasteiger partial charge in [-0.1, -0.05) is 28.1 Å². The van der Waals surface area contributed by atoms with Crippen LogP contribution in [0.25, 0.3) is 0 Å². The van der Waals surface area contributed by atoms with E-state index in [0.717, 1.165) is 36.0 Å². The van der Waals surface area contributed by atoms with E-state index in [0.29, 0.717) is 6.54 Å². The lowest BCUT2D eigenvalue weighted by Crippen LogP contribution is -2.45. The molecule has 1 aromatic carbocycles. The number of nitrogens with one attached hydrogen (secondary N) is 1. The topological polar surface area (TPSA) is 59.4 Å². The van der Waals surface area contributed by atoms with E-state index in [-0.39, 0.29) is 17.5 Å². The second-order valence-electron chi connectivity index (χ2n) is 6.13. The molecule has 0 spiro atoms. The maximum Gasteiger partial charge on any atom is 0.265 e. The summed E-state index contributed by atoms with van der Waals surface area (Å²) in [5, 5.41) is 12.4. The minimum Gasteiger partial charge on any atom is -0.386 e. The fourth-order valence-electron chi connectivity index (χ4n) is 2.75. The summed E-state index contributed by atoms with van der Waals surface area (Å²) in [5.74, 6) is -0.213. The van der Waals surface area contributed by atoms with Gasteiger partial charge in [-0.25, -0.2) is 0 Å². The van der Waals surface area contributed by atoms with Gasteiger partial charge in [0.15, 0.2) is 0 Å². The van der Waals surface area contributed by atoms with Gasteiger partial charge in [0, 0.05) is 30.3 Å². The molecule has 1 N–H and O–H groups in total. The number of rotatable bonds is 5. The van der Waals surface area contributed by atoms with E-state index in [2.05, 4.69) is 33.2 Å². The summed E-state index contributed by atoms with van der Waals surface area (Å²) >= 11 is 3.40. The average molecular weight is 391 g/mol. The predicted octanol–water partition coefficient (Wildman–Crippen LogP) is 2.50. The van der Waals surface area contributed by atoms with Crippen molar-refractivity contribution < 1.29 is 4.79 Å². The van der Waals surface area contributed by atoms with Crippen LogP contribution in [0, 0.1) is 11.3 Å². The average Bonchev–Trinajstić information content (AvgIpc) is 2.60. The molecule has 6 heteroatoms. The van der Waals surface area contributed by atoms with Gasteiger partial charge in [-0.15, -0.1) is 0 Å². The van der Waals surface area contributed by atoms with Crippen molar-refractivity contribution in [2.45, 2.75) is 25.4 Å². The monoisotopic (exact) mass is 390 g/mol. The first-order valence-corrected chi connectivity index (χ1v) is 8.84. The molecule has 0 unspecified atom stereocenters. The number of hydrogen-bond donors (Lipinski definition) is 1. The summed E-state index contributed by atoms with van der Waals surface area (Å²) in [6.07, 6.45) is 3.42. The van der Waals surface area contributed by atoms with Crippen molar-refractivity contribution in [1.82, 2.24) is 15.1 Å². The maximum absolute atomic E-state index is 12.5. The third-order valence-electron chi connectivity index (χ3n) is 4.37. The molecule has 128 valence electrons. The van der Waals surface area contributed by atoms with Gasteiger partial charge >= 0.3 is 0 Å². The molecule has 1 heterocycles. The zero-order valence-electron chi connectivity index (χ0n) is 14.1. The molecule has 0 bridgehead atoms. The van der Waals surface area contributed by atoms with E-state index in [1.54, 1.807) is 11.9 Å². The Balaban J connectivity index is 1.92. The predicted molar refractivity (Wildman–Crippen MR) is 98.0 cm³/mol. The van der Waals surface area contributed by atoms with Crippen molar-refractivity contribution in [2.75, 3.05) is 27.2 Å². The molecule has 0 saturated carbocycles. The van der Waals surface area contributed by atoms with Crippen LogP contribution in [0.3, 0.4) is 0 Å². The van der Waals surface area contributed by atoms with Gasteiger partial charge in [0.05, 0.1) is 0 Å². The third kappa shape index (κ3) is 5.08. The summed E-state index contributed by atoms with van der Waals surface area (Å²) in [5.41, 5.74) is 1.23. The number of benzene rings is 1. The molecule has 0 aromatic heterocycles. The molecule has 1 aromatic rings. The zero-order valence-corrected chi connectivity index (χ0v) is 15.7. The molecule has 2 rings (SSSR count). The highest BCUT2D eigenvalue weighted by Crippen LogP contribution is 2.16. The van der Waals surface area contributed by atoms with E-state index >= 15 is 0 Å². The molecular formula is C18H23BrN4O. The van der Waals surface area contributed by atoms with Gasteiger partial charge in [0.2, 0.25) is 0 Å². The van der Waals surface area contributed by atoms with Crippen LogP contribution >= 0.6 is 15.9 Å². The van der Waals surface area contributed by atoms with Crippen molar-refractivity contribution in [3.63, 3.8) is 0 Å². The van der Waals surface area contributed by atoms with E-state index in [1.165, 1.54) is 6.20 Å². The SMILES string of the molecule is CN1CCC(N(C)C(=O)/C(C#N)=C\NCc2ccc(Br)cc2)CC1. The summed E-state index contributed by atoms with van der Waals surface area (Å²) in [7, 11) is 3.88. The van der Waals surface area contributed by atoms with Crippen molar-refractivity contribution in [3.8, 4) is 6.07 Å². The minimum absolute atomic E-state index is 0.147.